The predicted molar refractivity (Wildman–Crippen MR) is 145 cm³/mol. The van der Waals surface area contributed by atoms with Gasteiger partial charge in [-0.3, -0.25) is 14.4 Å². The zero-order chi connectivity index (χ0) is 25.1. The number of nitrogens with zero attached hydrogens (tertiary/aromatic N) is 2. The molecule has 2 heterocycles. The number of carbonyl (C=O) groups is 2. The van der Waals surface area contributed by atoms with E-state index in [9.17, 15) is 9.59 Å². The highest BCUT2D eigenvalue weighted by Crippen LogP contribution is 2.50. The fourth-order valence-corrected chi connectivity index (χ4v) is 5.84. The van der Waals surface area contributed by atoms with E-state index in [1.54, 1.807) is 29.3 Å². The third-order valence-electron chi connectivity index (χ3n) is 7.32. The van der Waals surface area contributed by atoms with Gasteiger partial charge in [0, 0.05) is 5.02 Å². The van der Waals surface area contributed by atoms with E-state index in [1.807, 2.05) is 54.6 Å². The number of halogens is 1. The van der Waals surface area contributed by atoms with Crippen LogP contribution in [0.1, 0.15) is 11.6 Å². The Morgan fingerprint density at radius 3 is 1.89 bits per heavy atom. The largest absolute Gasteiger partial charge is 0.273 e. The summed E-state index contributed by atoms with van der Waals surface area (Å²) in [6, 6.07) is 34.4. The molecule has 3 atom stereocenters. The summed E-state index contributed by atoms with van der Waals surface area (Å²) >= 11 is 6.07. The Morgan fingerprint density at radius 1 is 0.649 bits per heavy atom. The van der Waals surface area contributed by atoms with E-state index in [2.05, 4.69) is 30.3 Å². The van der Waals surface area contributed by atoms with Crippen LogP contribution >= 0.6 is 11.6 Å². The summed E-state index contributed by atoms with van der Waals surface area (Å²) in [4.78, 5) is 35.4. The van der Waals surface area contributed by atoms with E-state index in [-0.39, 0.29) is 11.8 Å². The number of rotatable bonds is 3. The Bertz CT molecular complexity index is 1630. The van der Waals surface area contributed by atoms with Gasteiger partial charge in [-0.15, -0.1) is 0 Å². The molecule has 7 rings (SSSR count). The molecule has 180 valence electrons. The fourth-order valence-electron chi connectivity index (χ4n) is 5.72. The van der Waals surface area contributed by atoms with E-state index in [4.69, 9.17) is 16.4 Å². The zero-order valence-corrected chi connectivity index (χ0v) is 20.4. The Hall–Kier alpha value is -4.19. The molecule has 5 nitrogen and oxygen atoms in total. The number of hydroxylamine groups is 1. The molecular weight excluding hydrogens is 484 g/mol. The molecule has 0 saturated carbocycles. The SMILES string of the molecule is O=C1C2ON(c3ccccc3)C(c3c4ccccc4cc4ccccc34)C2C(=O)N1c1ccc(Cl)cc1. The van der Waals surface area contributed by atoms with E-state index >= 15 is 0 Å². The maximum absolute atomic E-state index is 14.1. The first-order valence-electron chi connectivity index (χ1n) is 12.2. The van der Waals surface area contributed by atoms with Crippen molar-refractivity contribution < 1.29 is 14.4 Å². The molecule has 2 amide bonds. The first-order valence-corrected chi connectivity index (χ1v) is 12.5. The summed E-state index contributed by atoms with van der Waals surface area (Å²) in [5.74, 6) is -1.37. The van der Waals surface area contributed by atoms with Gasteiger partial charge >= 0.3 is 0 Å². The maximum atomic E-state index is 14.1. The minimum absolute atomic E-state index is 0.280. The van der Waals surface area contributed by atoms with Crippen LogP contribution in [-0.2, 0) is 14.4 Å². The normalized spacial score (nSPS) is 21.3. The second-order valence-electron chi connectivity index (χ2n) is 9.38. The van der Waals surface area contributed by atoms with Crippen LogP contribution in [0.15, 0.2) is 109 Å². The number of hydrogen-bond donors (Lipinski definition) is 0. The molecule has 6 heteroatoms. The van der Waals surface area contributed by atoms with Crippen LogP contribution in [0, 0.1) is 5.92 Å². The summed E-state index contributed by atoms with van der Waals surface area (Å²) in [7, 11) is 0. The standard InChI is InChI=1S/C31H21ClN2O3/c32-21-14-16-22(17-15-21)33-30(35)27-28(34(37-29(27)31(33)36)23-10-2-1-3-11-23)26-24-12-6-4-8-19(24)18-20-9-5-7-13-25(20)26/h1-18,27-29H. The quantitative estimate of drug-likeness (QED) is 0.203. The van der Waals surface area contributed by atoms with Crippen molar-refractivity contribution in [1.29, 1.82) is 0 Å². The van der Waals surface area contributed by atoms with Crippen molar-refractivity contribution in [1.82, 2.24) is 0 Å². The first-order chi connectivity index (χ1) is 18.1. The zero-order valence-electron chi connectivity index (χ0n) is 19.6. The molecule has 2 saturated heterocycles. The number of imide groups is 1. The van der Waals surface area contributed by atoms with Gasteiger partial charge in [0.2, 0.25) is 5.91 Å². The number of para-hydroxylation sites is 1. The van der Waals surface area contributed by atoms with Crippen molar-refractivity contribution in [3.63, 3.8) is 0 Å². The number of amides is 2. The van der Waals surface area contributed by atoms with Crippen molar-refractivity contribution in [3.05, 3.63) is 120 Å². The molecule has 0 spiro atoms. The van der Waals surface area contributed by atoms with Gasteiger partial charge in [0.25, 0.3) is 5.91 Å². The topological polar surface area (TPSA) is 49.9 Å². The van der Waals surface area contributed by atoms with Gasteiger partial charge in [-0.2, -0.15) is 0 Å². The molecule has 5 aromatic carbocycles. The second-order valence-corrected chi connectivity index (χ2v) is 9.82. The van der Waals surface area contributed by atoms with Crippen molar-refractivity contribution in [2.75, 3.05) is 9.96 Å². The van der Waals surface area contributed by atoms with E-state index in [0.29, 0.717) is 10.7 Å². The van der Waals surface area contributed by atoms with Gasteiger partial charge in [-0.05, 0) is 69.6 Å². The van der Waals surface area contributed by atoms with E-state index in [0.717, 1.165) is 32.8 Å². The number of fused-ring (bicyclic) bond motifs is 3. The lowest BCUT2D eigenvalue weighted by atomic mass is 9.84. The molecule has 0 radical (unpaired) electrons. The monoisotopic (exact) mass is 504 g/mol. The van der Waals surface area contributed by atoms with Gasteiger partial charge in [-0.25, -0.2) is 9.96 Å². The highest BCUT2D eigenvalue weighted by molar-refractivity contribution is 6.31. The van der Waals surface area contributed by atoms with Gasteiger partial charge in [0.1, 0.15) is 5.92 Å². The van der Waals surface area contributed by atoms with Crippen molar-refractivity contribution in [3.8, 4) is 0 Å². The lowest BCUT2D eigenvalue weighted by molar-refractivity contribution is -0.126. The molecule has 0 aromatic heterocycles. The molecule has 2 fully saturated rings. The average Bonchev–Trinajstić information content (AvgIpc) is 3.44. The highest BCUT2D eigenvalue weighted by Gasteiger charge is 2.60. The lowest BCUT2D eigenvalue weighted by Crippen LogP contribution is -2.37. The second kappa shape index (κ2) is 8.44. The van der Waals surface area contributed by atoms with Crippen molar-refractivity contribution in [2.45, 2.75) is 12.1 Å². The lowest BCUT2D eigenvalue weighted by Gasteiger charge is -2.30. The fraction of sp³-hybridized carbons (Fsp3) is 0.0968. The molecular formula is C31H21ClN2O3. The third-order valence-corrected chi connectivity index (χ3v) is 7.57. The number of hydrogen-bond acceptors (Lipinski definition) is 4. The predicted octanol–water partition coefficient (Wildman–Crippen LogP) is 6.70. The summed E-state index contributed by atoms with van der Waals surface area (Å²) < 4.78 is 0. The van der Waals surface area contributed by atoms with E-state index in [1.165, 1.54) is 4.90 Å². The molecule has 0 bridgehead atoms. The van der Waals surface area contributed by atoms with Crippen molar-refractivity contribution in [2.24, 2.45) is 5.92 Å². The first kappa shape index (κ1) is 22.0. The summed E-state index contributed by atoms with van der Waals surface area (Å²) in [6.45, 7) is 0. The summed E-state index contributed by atoms with van der Waals surface area (Å²) in [5, 5.41) is 6.49. The van der Waals surface area contributed by atoms with Gasteiger partial charge < -0.3 is 0 Å². The van der Waals surface area contributed by atoms with Crippen LogP contribution < -0.4 is 9.96 Å². The minimum Gasteiger partial charge on any atom is -0.273 e. The Kier molecular flexibility index (Phi) is 5.03. The number of benzene rings is 5. The van der Waals surface area contributed by atoms with Gasteiger partial charge in [-0.1, -0.05) is 78.3 Å². The average molecular weight is 505 g/mol. The Morgan fingerprint density at radius 2 is 1.24 bits per heavy atom. The smallest absolute Gasteiger partial charge is 0.266 e. The molecule has 5 aromatic rings. The van der Waals surface area contributed by atoms with Crippen LogP contribution in [0.4, 0.5) is 11.4 Å². The van der Waals surface area contributed by atoms with Crippen LogP contribution in [0.2, 0.25) is 5.02 Å². The molecule has 0 N–H and O–H groups in total. The highest BCUT2D eigenvalue weighted by atomic mass is 35.5. The number of carbonyl (C=O) groups excluding carboxylic acids is 2. The van der Waals surface area contributed by atoms with Gasteiger partial charge in [0.05, 0.1) is 17.4 Å². The Balaban J connectivity index is 1.47. The maximum Gasteiger partial charge on any atom is 0.266 e. The Labute approximate surface area is 218 Å². The molecule has 0 aliphatic carbocycles. The van der Waals surface area contributed by atoms with Gasteiger partial charge in [0.15, 0.2) is 6.10 Å². The molecule has 37 heavy (non-hydrogen) atoms. The van der Waals surface area contributed by atoms with Crippen molar-refractivity contribution >= 4 is 56.3 Å². The summed E-state index contributed by atoms with van der Waals surface area (Å²) in [6.07, 6.45) is -0.939. The molecule has 2 aliphatic heterocycles. The third kappa shape index (κ3) is 3.35. The summed E-state index contributed by atoms with van der Waals surface area (Å²) in [5.41, 5.74) is 2.26. The molecule has 2 aliphatic rings. The van der Waals surface area contributed by atoms with Crippen LogP contribution in [0.5, 0.6) is 0 Å². The van der Waals surface area contributed by atoms with E-state index < -0.39 is 18.1 Å². The minimum atomic E-state index is -0.939. The van der Waals surface area contributed by atoms with Crippen LogP contribution in [0.25, 0.3) is 21.5 Å². The van der Waals surface area contributed by atoms with Crippen LogP contribution in [-0.4, -0.2) is 17.9 Å². The van der Waals surface area contributed by atoms with Crippen LogP contribution in [0.3, 0.4) is 0 Å². The molecule has 3 unspecified atom stereocenters. The number of anilines is 2.